The van der Waals surface area contributed by atoms with Crippen LogP contribution in [0.4, 0.5) is 0 Å². The maximum atomic E-state index is 11.2. The molecule has 0 aromatic rings. The van der Waals surface area contributed by atoms with E-state index in [1.165, 1.54) is 0 Å². The fraction of sp³-hybridized carbons (Fsp3) is 0.750. The molecule has 0 rings (SSSR count). The van der Waals surface area contributed by atoms with E-state index in [2.05, 4.69) is 10.2 Å². The highest BCUT2D eigenvalue weighted by molar-refractivity contribution is 5.85. The molecule has 0 aromatic carbocycles. The first-order chi connectivity index (χ1) is 8.43. The Labute approximate surface area is 103 Å². The van der Waals surface area contributed by atoms with Crippen LogP contribution in [0.15, 0.2) is 0 Å². The van der Waals surface area contributed by atoms with Crippen LogP contribution in [0, 0.1) is 0 Å². The van der Waals surface area contributed by atoms with Gasteiger partial charge >= 0.3 is 5.97 Å². The molecule has 0 bridgehead atoms. The normalized spacial score (nSPS) is 12.4. The average molecular weight is 267 g/mol. The molecule has 10 nitrogen and oxygen atoms in total. The molecule has 106 valence electrons. The largest absolute Gasteiger partial charge is 0.481 e. The smallest absolute Gasteiger partial charge is 0.305 e. The van der Waals surface area contributed by atoms with Crippen LogP contribution in [0.25, 0.3) is 0 Å². The molecule has 0 aliphatic heterocycles. The van der Waals surface area contributed by atoms with Gasteiger partial charge in [0.2, 0.25) is 5.91 Å². The Morgan fingerprint density at radius 3 is 2.50 bits per heavy atom. The van der Waals surface area contributed by atoms with Crippen LogP contribution in [0.1, 0.15) is 6.42 Å². The summed E-state index contributed by atoms with van der Waals surface area (Å²) in [6.07, 6.45) is -0.441. The summed E-state index contributed by atoms with van der Waals surface area (Å²) >= 11 is 0. The van der Waals surface area contributed by atoms with Gasteiger partial charge in [-0.1, -0.05) is 0 Å². The number of amides is 1. The lowest BCUT2D eigenvalue weighted by Crippen LogP contribution is -2.43. The molecule has 0 aliphatic rings. The molecule has 0 aromatic heterocycles. The van der Waals surface area contributed by atoms with E-state index in [1.54, 1.807) is 0 Å². The molecule has 1 atom stereocenters. The highest BCUT2D eigenvalue weighted by Crippen LogP contribution is 1.88. The molecule has 6 N–H and O–H groups in total. The summed E-state index contributed by atoms with van der Waals surface area (Å²) in [4.78, 5) is 25.7. The first-order valence-corrected chi connectivity index (χ1v) is 5.07. The van der Waals surface area contributed by atoms with Gasteiger partial charge < -0.3 is 20.9 Å². The van der Waals surface area contributed by atoms with E-state index in [4.69, 9.17) is 26.0 Å². The summed E-state index contributed by atoms with van der Waals surface area (Å²) < 4.78 is 4.95. The van der Waals surface area contributed by atoms with Crippen LogP contribution in [-0.2, 0) is 19.2 Å². The molecule has 0 radical (unpaired) electrons. The maximum absolute atomic E-state index is 11.2. The molecule has 0 spiro atoms. The Morgan fingerprint density at radius 2 is 1.94 bits per heavy atom. The Morgan fingerprint density at radius 1 is 1.28 bits per heavy atom. The standard InChI is InChI=1S/C8H17N3O7/c9-6(5-7(12)13)8(14)10-1-2-17-3-4-18-11(15)16/h6,15-16H,1-5,9H2,(H,10,14)(H,12,13). The number of nitrogens with zero attached hydrogens (tertiary/aromatic N) is 1. The van der Waals surface area contributed by atoms with Gasteiger partial charge in [-0.05, 0) is 0 Å². The Balaban J connectivity index is 3.43. The van der Waals surface area contributed by atoms with Crippen LogP contribution >= 0.6 is 0 Å². The van der Waals surface area contributed by atoms with E-state index in [0.717, 1.165) is 0 Å². The minimum absolute atomic E-state index is 0.0700. The molecule has 0 fully saturated rings. The zero-order valence-corrected chi connectivity index (χ0v) is 9.61. The Bertz CT molecular complexity index is 261. The summed E-state index contributed by atoms with van der Waals surface area (Å²) in [5, 5.41) is 26.7. The van der Waals surface area contributed by atoms with Crippen LogP contribution in [0.3, 0.4) is 0 Å². The quantitative estimate of drug-likeness (QED) is 0.222. The number of hydrogen-bond donors (Lipinski definition) is 5. The van der Waals surface area contributed by atoms with Crippen LogP contribution in [-0.4, -0.2) is 65.2 Å². The lowest BCUT2D eigenvalue weighted by Gasteiger charge is -2.10. The van der Waals surface area contributed by atoms with Crippen molar-refractivity contribution in [1.82, 2.24) is 10.7 Å². The second kappa shape index (κ2) is 9.70. The van der Waals surface area contributed by atoms with Crippen LogP contribution in [0.5, 0.6) is 0 Å². The fourth-order valence-electron chi connectivity index (χ4n) is 0.938. The van der Waals surface area contributed by atoms with E-state index < -0.39 is 29.7 Å². The maximum Gasteiger partial charge on any atom is 0.305 e. The number of nitrogens with one attached hydrogen (secondary N) is 1. The molecule has 0 saturated heterocycles. The zero-order chi connectivity index (χ0) is 14.0. The monoisotopic (exact) mass is 267 g/mol. The average Bonchev–Trinajstić information content (AvgIpc) is 2.26. The van der Waals surface area contributed by atoms with E-state index in [9.17, 15) is 9.59 Å². The second-order valence-electron chi connectivity index (χ2n) is 3.19. The third-order valence-electron chi connectivity index (χ3n) is 1.71. The minimum atomic E-state index is -1.15. The van der Waals surface area contributed by atoms with Crippen molar-refractivity contribution in [2.24, 2.45) is 5.73 Å². The van der Waals surface area contributed by atoms with Gasteiger partial charge in [0.15, 0.2) is 0 Å². The molecule has 0 saturated carbocycles. The van der Waals surface area contributed by atoms with Crippen molar-refractivity contribution < 1.29 is 34.7 Å². The van der Waals surface area contributed by atoms with Gasteiger partial charge in [0.05, 0.1) is 37.7 Å². The van der Waals surface area contributed by atoms with Crippen molar-refractivity contribution in [2.75, 3.05) is 26.4 Å². The van der Waals surface area contributed by atoms with Crippen molar-refractivity contribution in [3.63, 3.8) is 0 Å². The van der Waals surface area contributed by atoms with Gasteiger partial charge in [-0.3, -0.25) is 20.0 Å². The summed E-state index contributed by atoms with van der Waals surface area (Å²) in [6.45, 7) is 0.341. The fourth-order valence-corrected chi connectivity index (χ4v) is 0.938. The molecule has 0 aliphatic carbocycles. The molecule has 1 unspecified atom stereocenters. The predicted octanol–water partition coefficient (Wildman–Crippen LogP) is -2.07. The molecular weight excluding hydrogens is 250 g/mol. The number of nitrogens with two attached hydrogens (primary N) is 1. The number of aliphatic carboxylic acids is 1. The first kappa shape index (κ1) is 16.7. The van der Waals surface area contributed by atoms with Crippen molar-refractivity contribution in [3.8, 4) is 0 Å². The van der Waals surface area contributed by atoms with Gasteiger partial charge in [-0.15, -0.1) is 0 Å². The summed E-state index contributed by atoms with van der Waals surface area (Å²) in [6, 6.07) is -1.09. The minimum Gasteiger partial charge on any atom is -0.481 e. The van der Waals surface area contributed by atoms with Crippen LogP contribution in [0.2, 0.25) is 0 Å². The van der Waals surface area contributed by atoms with E-state index in [0.29, 0.717) is 0 Å². The number of rotatable bonds is 10. The van der Waals surface area contributed by atoms with E-state index >= 15 is 0 Å². The van der Waals surface area contributed by atoms with Gasteiger partial charge in [0.25, 0.3) is 0 Å². The molecular formula is C8H17N3O7. The lowest BCUT2D eigenvalue weighted by molar-refractivity contribution is -0.493. The number of carbonyl (C=O) groups excluding carboxylic acids is 1. The SMILES string of the molecule is NC(CC(=O)O)C(=O)NCCOCCON(O)O. The Hall–Kier alpha value is -1.30. The number of carbonyl (C=O) groups is 2. The van der Waals surface area contributed by atoms with E-state index in [-0.39, 0.29) is 26.4 Å². The third-order valence-corrected chi connectivity index (χ3v) is 1.71. The summed E-state index contributed by atoms with van der Waals surface area (Å²) in [5.41, 5.74) is 5.30. The highest BCUT2D eigenvalue weighted by atomic mass is 17.1. The number of hydrogen-bond acceptors (Lipinski definition) is 8. The van der Waals surface area contributed by atoms with Crippen molar-refractivity contribution in [1.29, 1.82) is 0 Å². The molecule has 1 amide bonds. The molecule has 0 heterocycles. The second-order valence-corrected chi connectivity index (χ2v) is 3.19. The van der Waals surface area contributed by atoms with Crippen molar-refractivity contribution in [2.45, 2.75) is 12.5 Å². The van der Waals surface area contributed by atoms with Gasteiger partial charge in [-0.25, -0.2) is 4.84 Å². The number of carboxylic acid groups (broad SMARTS) is 1. The summed E-state index contributed by atoms with van der Waals surface area (Å²) in [7, 11) is 0. The first-order valence-electron chi connectivity index (χ1n) is 5.07. The van der Waals surface area contributed by atoms with Gasteiger partial charge in [0.1, 0.15) is 0 Å². The van der Waals surface area contributed by atoms with E-state index in [1.807, 2.05) is 0 Å². The lowest BCUT2D eigenvalue weighted by atomic mass is 10.2. The molecule has 18 heavy (non-hydrogen) atoms. The predicted molar refractivity (Wildman–Crippen MR) is 55.4 cm³/mol. The van der Waals surface area contributed by atoms with Crippen LogP contribution < -0.4 is 11.1 Å². The summed E-state index contributed by atoms with van der Waals surface area (Å²) in [5.74, 6) is -1.72. The number of ether oxygens (including phenoxy) is 1. The number of carboxylic acids is 1. The van der Waals surface area contributed by atoms with Gasteiger partial charge in [-0.2, -0.15) is 0 Å². The third kappa shape index (κ3) is 9.89. The Kier molecular flexibility index (Phi) is 9.00. The van der Waals surface area contributed by atoms with Crippen molar-refractivity contribution >= 4 is 11.9 Å². The topological polar surface area (TPSA) is 155 Å². The van der Waals surface area contributed by atoms with Crippen molar-refractivity contribution in [3.05, 3.63) is 0 Å². The highest BCUT2D eigenvalue weighted by Gasteiger charge is 2.15. The van der Waals surface area contributed by atoms with Gasteiger partial charge in [0, 0.05) is 6.54 Å². The zero-order valence-electron chi connectivity index (χ0n) is 9.61. The molecule has 10 heteroatoms.